The molecule has 1 rings (SSSR count). The van der Waals surface area contributed by atoms with Gasteiger partial charge in [-0.05, 0) is 5.92 Å². The number of hydrogen-bond acceptors (Lipinski definition) is 6. The van der Waals surface area contributed by atoms with E-state index in [1.165, 1.54) is 4.90 Å². The smallest absolute Gasteiger partial charge is 0.136 e. The lowest BCUT2D eigenvalue weighted by Gasteiger charge is -2.47. The van der Waals surface area contributed by atoms with Gasteiger partial charge in [0.25, 0.3) is 0 Å². The lowest BCUT2D eigenvalue weighted by Crippen LogP contribution is -2.67. The third kappa shape index (κ3) is 2.53. The Balaban J connectivity index is 2.84. The fourth-order valence-electron chi connectivity index (χ4n) is 2.07. The minimum Gasteiger partial charge on any atom is -0.395 e. The third-order valence-corrected chi connectivity index (χ3v) is 2.93. The van der Waals surface area contributed by atoms with E-state index in [2.05, 4.69) is 0 Å². The summed E-state index contributed by atoms with van der Waals surface area (Å²) in [6, 6.07) is -0.754. The first kappa shape index (κ1) is 13.8. The van der Waals surface area contributed by atoms with Crippen LogP contribution in [0.4, 0.5) is 0 Å². The molecule has 0 spiro atoms. The first-order valence-electron chi connectivity index (χ1n) is 5.49. The van der Waals surface area contributed by atoms with Crippen molar-refractivity contribution in [2.45, 2.75) is 44.4 Å². The Kier molecular flexibility index (Phi) is 4.66. The van der Waals surface area contributed by atoms with Crippen LogP contribution in [0.5, 0.6) is 0 Å². The largest absolute Gasteiger partial charge is 0.395 e. The van der Waals surface area contributed by atoms with E-state index in [4.69, 9.17) is 5.11 Å². The molecule has 5 atom stereocenters. The molecule has 1 heterocycles. The minimum atomic E-state index is -1.43. The van der Waals surface area contributed by atoms with Crippen molar-refractivity contribution in [2.24, 2.45) is 5.92 Å². The van der Waals surface area contributed by atoms with Crippen LogP contribution < -0.4 is 0 Å². The molecule has 0 amide bonds. The predicted octanol–water partition coefficient (Wildman–Crippen LogP) is -2.28. The van der Waals surface area contributed by atoms with E-state index in [1.807, 2.05) is 13.8 Å². The van der Waals surface area contributed by atoms with Crippen LogP contribution in [0, 0.1) is 5.92 Å². The van der Waals surface area contributed by atoms with Crippen molar-refractivity contribution in [3.8, 4) is 0 Å². The average molecular weight is 235 g/mol. The van der Waals surface area contributed by atoms with Gasteiger partial charge in [0.1, 0.15) is 24.5 Å². The second-order valence-corrected chi connectivity index (χ2v) is 4.73. The lowest BCUT2D eigenvalue weighted by atomic mass is 9.92. The zero-order valence-electron chi connectivity index (χ0n) is 9.56. The highest BCUT2D eigenvalue weighted by Gasteiger charge is 2.46. The molecule has 6 heteroatoms. The molecule has 0 aromatic rings. The molecule has 0 radical (unpaired) electrons. The number of nitrogens with zero attached hydrogens (tertiary/aromatic N) is 1. The second kappa shape index (κ2) is 5.39. The van der Waals surface area contributed by atoms with Gasteiger partial charge in [-0.3, -0.25) is 4.90 Å². The van der Waals surface area contributed by atoms with E-state index < -0.39 is 30.6 Å². The van der Waals surface area contributed by atoms with Gasteiger partial charge in [-0.1, -0.05) is 13.8 Å². The number of aliphatic hydroxyl groups is 5. The number of likely N-dealkylation sites (tertiary alicyclic amines) is 1. The highest BCUT2D eigenvalue weighted by molar-refractivity contribution is 4.96. The first-order chi connectivity index (χ1) is 7.40. The van der Waals surface area contributed by atoms with Crippen LogP contribution in [0.25, 0.3) is 0 Å². The highest BCUT2D eigenvalue weighted by Crippen LogP contribution is 2.24. The van der Waals surface area contributed by atoms with E-state index >= 15 is 0 Å². The summed E-state index contributed by atoms with van der Waals surface area (Å²) in [7, 11) is 0. The van der Waals surface area contributed by atoms with Gasteiger partial charge in [-0.25, -0.2) is 0 Å². The maximum atomic E-state index is 9.77. The minimum absolute atomic E-state index is 0.207. The molecule has 0 aromatic heterocycles. The van der Waals surface area contributed by atoms with Crippen molar-refractivity contribution in [2.75, 3.05) is 13.2 Å². The Morgan fingerprint density at radius 1 is 1.00 bits per heavy atom. The van der Waals surface area contributed by atoms with Gasteiger partial charge in [0, 0.05) is 6.54 Å². The normalized spacial score (nSPS) is 41.6. The van der Waals surface area contributed by atoms with Gasteiger partial charge in [-0.15, -0.1) is 0 Å². The number of hydrogen-bond donors (Lipinski definition) is 5. The molecule has 0 saturated carbocycles. The molecule has 0 aromatic carbocycles. The fraction of sp³-hybridized carbons (Fsp3) is 1.00. The lowest BCUT2D eigenvalue weighted by molar-refractivity contribution is -0.224. The molecule has 1 unspecified atom stereocenters. The monoisotopic (exact) mass is 235 g/mol. The number of aliphatic hydroxyl groups excluding tert-OH is 5. The van der Waals surface area contributed by atoms with E-state index in [0.29, 0.717) is 6.54 Å². The molecule has 1 aliphatic heterocycles. The summed E-state index contributed by atoms with van der Waals surface area (Å²) < 4.78 is 0. The molecule has 1 fully saturated rings. The van der Waals surface area contributed by atoms with E-state index in [1.54, 1.807) is 0 Å². The zero-order chi connectivity index (χ0) is 12.5. The molecular weight excluding hydrogens is 214 g/mol. The molecule has 6 nitrogen and oxygen atoms in total. The summed E-state index contributed by atoms with van der Waals surface area (Å²) in [5.74, 6) is 0.207. The summed E-state index contributed by atoms with van der Waals surface area (Å²) >= 11 is 0. The Bertz CT molecular complexity index is 225. The molecule has 16 heavy (non-hydrogen) atoms. The Hall–Kier alpha value is -0.240. The molecule has 1 aliphatic rings. The van der Waals surface area contributed by atoms with E-state index in [9.17, 15) is 20.4 Å². The predicted molar refractivity (Wildman–Crippen MR) is 56.4 cm³/mol. The van der Waals surface area contributed by atoms with Crippen LogP contribution in [0.15, 0.2) is 0 Å². The van der Waals surface area contributed by atoms with Crippen molar-refractivity contribution >= 4 is 0 Å². The van der Waals surface area contributed by atoms with Crippen molar-refractivity contribution < 1.29 is 25.5 Å². The topological polar surface area (TPSA) is 104 Å². The zero-order valence-corrected chi connectivity index (χ0v) is 9.56. The highest BCUT2D eigenvalue weighted by atomic mass is 16.4. The third-order valence-electron chi connectivity index (χ3n) is 2.93. The maximum Gasteiger partial charge on any atom is 0.136 e. The van der Waals surface area contributed by atoms with Crippen LogP contribution >= 0.6 is 0 Å². The van der Waals surface area contributed by atoms with Gasteiger partial charge < -0.3 is 25.5 Å². The summed E-state index contributed by atoms with van der Waals surface area (Å²) in [6.45, 7) is 3.89. The average Bonchev–Trinajstić information content (AvgIpc) is 2.23. The number of rotatable bonds is 3. The van der Waals surface area contributed by atoms with Gasteiger partial charge in [0.2, 0.25) is 0 Å². The summed E-state index contributed by atoms with van der Waals surface area (Å²) in [6.07, 6.45) is -5.38. The molecule has 5 N–H and O–H groups in total. The molecule has 0 aliphatic carbocycles. The summed E-state index contributed by atoms with van der Waals surface area (Å²) in [5.41, 5.74) is 0. The standard InChI is InChI=1S/C10H21NO5/c1-5(2)3-11-6(4-12)7(13)8(14)9(15)10(11)16/h5-10,12-16H,3-4H2,1-2H3/t6-,7+,8+,9-,10?/m1/s1. The Morgan fingerprint density at radius 2 is 1.56 bits per heavy atom. The Morgan fingerprint density at radius 3 is 2.00 bits per heavy atom. The quantitative estimate of drug-likeness (QED) is 0.377. The second-order valence-electron chi connectivity index (χ2n) is 4.73. The van der Waals surface area contributed by atoms with Gasteiger partial charge in [-0.2, -0.15) is 0 Å². The van der Waals surface area contributed by atoms with E-state index in [0.717, 1.165) is 0 Å². The molecule has 96 valence electrons. The van der Waals surface area contributed by atoms with Crippen LogP contribution in [0.3, 0.4) is 0 Å². The van der Waals surface area contributed by atoms with Gasteiger partial charge in [0.15, 0.2) is 0 Å². The van der Waals surface area contributed by atoms with Crippen LogP contribution in [0.2, 0.25) is 0 Å². The summed E-state index contributed by atoms with van der Waals surface area (Å²) in [4.78, 5) is 1.42. The van der Waals surface area contributed by atoms with Crippen molar-refractivity contribution in [3.63, 3.8) is 0 Å². The van der Waals surface area contributed by atoms with Gasteiger partial charge >= 0.3 is 0 Å². The van der Waals surface area contributed by atoms with E-state index in [-0.39, 0.29) is 12.5 Å². The Labute approximate surface area is 94.7 Å². The SMILES string of the molecule is CC(C)CN1C(O)[C@H](O)[C@@H](O)[C@@H](O)[C@H]1CO. The van der Waals surface area contributed by atoms with Gasteiger partial charge in [0.05, 0.1) is 12.6 Å². The van der Waals surface area contributed by atoms with Crippen molar-refractivity contribution in [1.82, 2.24) is 4.90 Å². The van der Waals surface area contributed by atoms with Crippen LogP contribution in [-0.2, 0) is 0 Å². The summed E-state index contributed by atoms with van der Waals surface area (Å²) in [5, 5.41) is 47.6. The molecule has 1 saturated heterocycles. The molecule has 0 bridgehead atoms. The van der Waals surface area contributed by atoms with Crippen LogP contribution in [0.1, 0.15) is 13.8 Å². The fourth-order valence-corrected chi connectivity index (χ4v) is 2.07. The maximum absolute atomic E-state index is 9.77. The van der Waals surface area contributed by atoms with Crippen LogP contribution in [-0.4, -0.2) is 74.2 Å². The first-order valence-corrected chi connectivity index (χ1v) is 5.49. The van der Waals surface area contributed by atoms with Crippen molar-refractivity contribution in [1.29, 1.82) is 0 Å². The molecular formula is C10H21NO5. The van der Waals surface area contributed by atoms with Crippen molar-refractivity contribution in [3.05, 3.63) is 0 Å². The number of piperidine rings is 1.